The maximum absolute atomic E-state index is 14.6. The molecule has 1 aliphatic carbocycles. The van der Waals surface area contributed by atoms with E-state index in [9.17, 15) is 26.8 Å². The number of ketones is 1. The fourth-order valence-corrected chi connectivity index (χ4v) is 5.47. The van der Waals surface area contributed by atoms with E-state index in [1.807, 2.05) is 0 Å². The van der Waals surface area contributed by atoms with Crippen molar-refractivity contribution >= 4 is 21.7 Å². The van der Waals surface area contributed by atoms with Crippen LogP contribution in [0.15, 0.2) is 12.1 Å². The molecular weight excluding hydrogens is 366 g/mol. The summed E-state index contributed by atoms with van der Waals surface area (Å²) >= 11 is 0. The summed E-state index contributed by atoms with van der Waals surface area (Å²) in [5.74, 6) is -2.84. The van der Waals surface area contributed by atoms with Gasteiger partial charge in [-0.2, -0.15) is 4.31 Å². The van der Waals surface area contributed by atoms with Crippen LogP contribution in [-0.4, -0.2) is 36.2 Å². The number of nitrogens with two attached hydrogens (primary N) is 1. The lowest BCUT2D eigenvalue weighted by molar-refractivity contribution is -0.139. The van der Waals surface area contributed by atoms with Gasteiger partial charge in [0.2, 0.25) is 15.9 Å². The Labute approximate surface area is 150 Å². The molecule has 9 heteroatoms. The van der Waals surface area contributed by atoms with Gasteiger partial charge in [-0.3, -0.25) is 9.59 Å². The Morgan fingerprint density at radius 1 is 1.31 bits per heavy atom. The summed E-state index contributed by atoms with van der Waals surface area (Å²) in [6.07, 6.45) is 0.671. The molecule has 2 fully saturated rings. The van der Waals surface area contributed by atoms with Crippen LogP contribution in [0, 0.1) is 11.6 Å². The Morgan fingerprint density at radius 2 is 1.96 bits per heavy atom. The number of rotatable bonds is 4. The van der Waals surface area contributed by atoms with Crippen LogP contribution in [0.3, 0.4) is 0 Å². The Balaban J connectivity index is 1.95. The molecule has 142 valence electrons. The van der Waals surface area contributed by atoms with Crippen LogP contribution in [-0.2, 0) is 31.6 Å². The summed E-state index contributed by atoms with van der Waals surface area (Å²) in [6.45, 7) is 1.44. The number of benzene rings is 1. The monoisotopic (exact) mass is 386 g/mol. The summed E-state index contributed by atoms with van der Waals surface area (Å²) in [7, 11) is -3.53. The van der Waals surface area contributed by atoms with Gasteiger partial charge in [0.1, 0.15) is 17.4 Å². The third-order valence-corrected chi connectivity index (χ3v) is 7.33. The van der Waals surface area contributed by atoms with Crippen molar-refractivity contribution in [1.82, 2.24) is 4.31 Å². The normalized spacial score (nSPS) is 24.9. The third kappa shape index (κ3) is 3.03. The smallest absolute Gasteiger partial charge is 0.229 e. The van der Waals surface area contributed by atoms with Gasteiger partial charge < -0.3 is 5.73 Å². The molecule has 1 aromatic rings. The summed E-state index contributed by atoms with van der Waals surface area (Å²) in [5.41, 5.74) is 3.43. The van der Waals surface area contributed by atoms with E-state index < -0.39 is 33.0 Å². The van der Waals surface area contributed by atoms with E-state index >= 15 is 0 Å². The molecule has 0 radical (unpaired) electrons. The van der Waals surface area contributed by atoms with E-state index in [0.29, 0.717) is 12.8 Å². The standard InChI is InChI=1S/C17H20F2N2O4S/c1-10-3-2-4-26(24,25)21(10)9-11-5-15(19)13(6-14(11)18)17(16(20)23)7-12(22)8-17/h5-6,10H,2-4,7-9H2,1H3,(H2,20,23)/t10-/m0/s1. The largest absolute Gasteiger partial charge is 0.369 e. The van der Waals surface area contributed by atoms with Gasteiger partial charge in [-0.05, 0) is 31.9 Å². The Morgan fingerprint density at radius 3 is 2.50 bits per heavy atom. The first-order chi connectivity index (χ1) is 12.1. The van der Waals surface area contributed by atoms with E-state index in [1.54, 1.807) is 6.92 Å². The van der Waals surface area contributed by atoms with Crippen molar-refractivity contribution in [1.29, 1.82) is 0 Å². The van der Waals surface area contributed by atoms with Crippen molar-refractivity contribution in [3.63, 3.8) is 0 Å². The highest BCUT2D eigenvalue weighted by Crippen LogP contribution is 2.43. The van der Waals surface area contributed by atoms with Gasteiger partial charge in [-0.25, -0.2) is 17.2 Å². The molecule has 1 heterocycles. The Hall–Kier alpha value is -1.87. The molecule has 1 aliphatic heterocycles. The molecular formula is C17H20F2N2O4S. The SMILES string of the molecule is C[C@H]1CCCS(=O)(=O)N1Cc1cc(F)c(C2(C(N)=O)CC(=O)C2)cc1F. The van der Waals surface area contributed by atoms with Crippen LogP contribution in [0.4, 0.5) is 8.78 Å². The van der Waals surface area contributed by atoms with Crippen LogP contribution >= 0.6 is 0 Å². The number of amides is 1. The summed E-state index contributed by atoms with van der Waals surface area (Å²) in [6, 6.07) is 1.45. The topological polar surface area (TPSA) is 97.5 Å². The summed E-state index contributed by atoms with van der Waals surface area (Å²) in [5, 5.41) is 0. The van der Waals surface area contributed by atoms with Crippen LogP contribution < -0.4 is 5.73 Å². The molecule has 3 rings (SSSR count). The molecule has 1 saturated heterocycles. The molecule has 1 atom stereocenters. The molecule has 0 unspecified atom stereocenters. The van der Waals surface area contributed by atoms with Crippen molar-refractivity contribution in [3.8, 4) is 0 Å². The number of Topliss-reactive ketones (excluding diaryl/α,β-unsaturated/α-hetero) is 1. The van der Waals surface area contributed by atoms with Crippen molar-refractivity contribution in [2.75, 3.05) is 5.75 Å². The zero-order chi connectivity index (χ0) is 19.3. The molecule has 2 aliphatic rings. The van der Waals surface area contributed by atoms with E-state index in [1.165, 1.54) is 4.31 Å². The zero-order valence-electron chi connectivity index (χ0n) is 14.3. The first-order valence-electron chi connectivity index (χ1n) is 8.36. The maximum atomic E-state index is 14.6. The molecule has 1 amide bonds. The summed E-state index contributed by atoms with van der Waals surface area (Å²) in [4.78, 5) is 23.1. The Bertz CT molecular complexity index is 877. The van der Waals surface area contributed by atoms with Gasteiger partial charge >= 0.3 is 0 Å². The highest BCUT2D eigenvalue weighted by atomic mass is 32.2. The molecule has 0 spiro atoms. The van der Waals surface area contributed by atoms with Gasteiger partial charge in [-0.1, -0.05) is 0 Å². The van der Waals surface area contributed by atoms with Gasteiger partial charge in [0, 0.05) is 36.6 Å². The van der Waals surface area contributed by atoms with Gasteiger partial charge in [0.25, 0.3) is 0 Å². The number of carbonyl (C=O) groups is 2. The van der Waals surface area contributed by atoms with Crippen LogP contribution in [0.2, 0.25) is 0 Å². The molecule has 26 heavy (non-hydrogen) atoms. The quantitative estimate of drug-likeness (QED) is 0.845. The second-order valence-corrected chi connectivity index (χ2v) is 9.16. The second-order valence-electron chi connectivity index (χ2n) is 7.11. The van der Waals surface area contributed by atoms with Crippen LogP contribution in [0.1, 0.15) is 43.7 Å². The van der Waals surface area contributed by atoms with Gasteiger partial charge in [0.05, 0.1) is 11.2 Å². The average Bonchev–Trinajstić information content (AvgIpc) is 2.50. The van der Waals surface area contributed by atoms with E-state index in [0.717, 1.165) is 12.1 Å². The lowest BCUT2D eigenvalue weighted by Crippen LogP contribution is -2.52. The maximum Gasteiger partial charge on any atom is 0.229 e. The number of carbonyl (C=O) groups excluding carboxylic acids is 2. The number of halogens is 2. The van der Waals surface area contributed by atoms with E-state index in [4.69, 9.17) is 5.73 Å². The minimum Gasteiger partial charge on any atom is -0.369 e. The first-order valence-corrected chi connectivity index (χ1v) is 9.97. The zero-order valence-corrected chi connectivity index (χ0v) is 15.1. The predicted molar refractivity (Wildman–Crippen MR) is 89.5 cm³/mol. The summed E-state index contributed by atoms with van der Waals surface area (Å²) < 4.78 is 54.8. The molecule has 6 nitrogen and oxygen atoms in total. The molecule has 2 N–H and O–H groups in total. The minimum absolute atomic E-state index is 0.0214. The second kappa shape index (κ2) is 6.38. The molecule has 1 aromatic carbocycles. The van der Waals surface area contributed by atoms with Gasteiger partial charge in [0.15, 0.2) is 0 Å². The predicted octanol–water partition coefficient (Wildman–Crippen LogP) is 1.36. The average molecular weight is 386 g/mol. The minimum atomic E-state index is -3.53. The fraction of sp³-hybridized carbons (Fsp3) is 0.529. The molecule has 1 saturated carbocycles. The van der Waals surface area contributed by atoms with E-state index in [2.05, 4.69) is 0 Å². The Kier molecular flexibility index (Phi) is 4.64. The molecule has 0 aromatic heterocycles. The van der Waals surface area contributed by atoms with E-state index in [-0.39, 0.29) is 48.1 Å². The highest BCUT2D eigenvalue weighted by molar-refractivity contribution is 7.89. The number of primary amides is 1. The highest BCUT2D eigenvalue weighted by Gasteiger charge is 2.51. The molecule has 0 bridgehead atoms. The van der Waals surface area contributed by atoms with Crippen molar-refractivity contribution < 1.29 is 26.8 Å². The lowest BCUT2D eigenvalue weighted by atomic mass is 9.63. The van der Waals surface area contributed by atoms with Crippen LogP contribution in [0.5, 0.6) is 0 Å². The fourth-order valence-electron chi connectivity index (χ4n) is 3.71. The van der Waals surface area contributed by atoms with Crippen molar-refractivity contribution in [3.05, 3.63) is 34.9 Å². The van der Waals surface area contributed by atoms with Gasteiger partial charge in [-0.15, -0.1) is 0 Å². The first kappa shape index (κ1) is 18.9. The van der Waals surface area contributed by atoms with Crippen LogP contribution in [0.25, 0.3) is 0 Å². The number of hydrogen-bond donors (Lipinski definition) is 1. The van der Waals surface area contributed by atoms with Crippen molar-refractivity contribution in [2.45, 2.75) is 50.6 Å². The third-order valence-electron chi connectivity index (χ3n) is 5.32. The number of sulfonamides is 1. The number of nitrogens with zero attached hydrogens (tertiary/aromatic N) is 1. The van der Waals surface area contributed by atoms with Crippen molar-refractivity contribution in [2.24, 2.45) is 5.73 Å². The lowest BCUT2D eigenvalue weighted by Gasteiger charge is -2.38. The number of hydrogen-bond acceptors (Lipinski definition) is 4.